The van der Waals surface area contributed by atoms with Crippen LogP contribution in [0, 0.1) is 0 Å². The zero-order chi connectivity index (χ0) is 14.8. The second-order valence-electron chi connectivity index (χ2n) is 4.72. The number of carbonyl (C=O) groups is 1. The fourth-order valence-corrected chi connectivity index (χ4v) is 2.13. The Morgan fingerprint density at radius 2 is 1.75 bits per heavy atom. The number of rotatable bonds is 9. The van der Waals surface area contributed by atoms with E-state index >= 15 is 0 Å². The number of carbonyl (C=O) groups excluding carboxylic acids is 1. The molecule has 4 nitrogen and oxygen atoms in total. The highest BCUT2D eigenvalue weighted by molar-refractivity contribution is 5.75. The maximum Gasteiger partial charge on any atom is 0.221 e. The Morgan fingerprint density at radius 1 is 1.10 bits per heavy atom. The van der Waals surface area contributed by atoms with Gasteiger partial charge in [0.05, 0.1) is 0 Å². The van der Waals surface area contributed by atoms with E-state index in [4.69, 9.17) is 0 Å². The maximum absolute atomic E-state index is 11.3. The zero-order valence-corrected chi connectivity index (χ0v) is 12.9. The standard InChI is InChI=1S/C16H27N3O/c1-4-18-16(20)11-12-17-13-14-7-9-15(10-8-14)19(5-2)6-3/h7-10,17H,4-6,11-13H2,1-3H3,(H,18,20). The Hall–Kier alpha value is -1.55. The third-order valence-electron chi connectivity index (χ3n) is 3.30. The molecule has 1 aromatic carbocycles. The van der Waals surface area contributed by atoms with Crippen LogP contribution in [-0.4, -0.2) is 32.1 Å². The quantitative estimate of drug-likeness (QED) is 0.680. The molecule has 0 unspecified atom stereocenters. The fourth-order valence-electron chi connectivity index (χ4n) is 2.13. The van der Waals surface area contributed by atoms with Crippen molar-refractivity contribution in [3.8, 4) is 0 Å². The van der Waals surface area contributed by atoms with Crippen molar-refractivity contribution in [2.45, 2.75) is 33.7 Å². The van der Waals surface area contributed by atoms with Crippen LogP contribution in [0.1, 0.15) is 32.8 Å². The molecular formula is C16H27N3O. The number of hydrogen-bond donors (Lipinski definition) is 2. The maximum atomic E-state index is 11.3. The number of benzene rings is 1. The van der Waals surface area contributed by atoms with Crippen LogP contribution in [0.3, 0.4) is 0 Å². The van der Waals surface area contributed by atoms with Gasteiger partial charge in [-0.1, -0.05) is 12.1 Å². The molecular weight excluding hydrogens is 250 g/mol. The van der Waals surface area contributed by atoms with Gasteiger partial charge in [-0.2, -0.15) is 0 Å². The molecule has 4 heteroatoms. The lowest BCUT2D eigenvalue weighted by Crippen LogP contribution is -2.27. The summed E-state index contributed by atoms with van der Waals surface area (Å²) in [6.45, 7) is 10.5. The van der Waals surface area contributed by atoms with Gasteiger partial charge in [-0.15, -0.1) is 0 Å². The van der Waals surface area contributed by atoms with Crippen molar-refractivity contribution in [1.82, 2.24) is 10.6 Å². The van der Waals surface area contributed by atoms with Gasteiger partial charge in [0.1, 0.15) is 0 Å². The molecule has 0 saturated heterocycles. The minimum absolute atomic E-state index is 0.108. The van der Waals surface area contributed by atoms with Gasteiger partial charge in [-0.25, -0.2) is 0 Å². The molecule has 0 radical (unpaired) electrons. The van der Waals surface area contributed by atoms with Crippen LogP contribution in [0.2, 0.25) is 0 Å². The summed E-state index contributed by atoms with van der Waals surface area (Å²) in [5.41, 5.74) is 2.51. The van der Waals surface area contributed by atoms with Gasteiger partial charge in [-0.05, 0) is 38.5 Å². The molecule has 0 spiro atoms. The largest absolute Gasteiger partial charge is 0.372 e. The highest BCUT2D eigenvalue weighted by Crippen LogP contribution is 2.14. The molecule has 1 rings (SSSR count). The number of nitrogens with one attached hydrogen (secondary N) is 2. The molecule has 0 saturated carbocycles. The van der Waals surface area contributed by atoms with Crippen LogP contribution in [0.15, 0.2) is 24.3 Å². The van der Waals surface area contributed by atoms with E-state index < -0.39 is 0 Å². The average Bonchev–Trinajstić information content (AvgIpc) is 2.47. The third kappa shape index (κ3) is 5.61. The summed E-state index contributed by atoms with van der Waals surface area (Å²) >= 11 is 0. The molecule has 0 aromatic heterocycles. The molecule has 112 valence electrons. The van der Waals surface area contributed by atoms with Crippen LogP contribution in [-0.2, 0) is 11.3 Å². The van der Waals surface area contributed by atoms with E-state index in [1.54, 1.807) is 0 Å². The molecule has 20 heavy (non-hydrogen) atoms. The Bertz CT molecular complexity index is 385. The van der Waals surface area contributed by atoms with Crippen molar-refractivity contribution in [1.29, 1.82) is 0 Å². The van der Waals surface area contributed by atoms with Gasteiger partial charge in [0.25, 0.3) is 0 Å². The molecule has 0 aliphatic carbocycles. The Labute approximate surface area is 122 Å². The van der Waals surface area contributed by atoms with Gasteiger partial charge in [0, 0.05) is 44.8 Å². The van der Waals surface area contributed by atoms with Crippen LogP contribution >= 0.6 is 0 Å². The van der Waals surface area contributed by atoms with Crippen LogP contribution in [0.25, 0.3) is 0 Å². The second kappa shape index (κ2) is 9.37. The first-order valence-electron chi connectivity index (χ1n) is 7.52. The minimum Gasteiger partial charge on any atom is -0.372 e. The van der Waals surface area contributed by atoms with Crippen molar-refractivity contribution in [2.75, 3.05) is 31.1 Å². The van der Waals surface area contributed by atoms with E-state index in [1.165, 1.54) is 11.3 Å². The average molecular weight is 277 g/mol. The molecule has 0 aliphatic rings. The lowest BCUT2D eigenvalue weighted by atomic mass is 10.2. The van der Waals surface area contributed by atoms with Crippen molar-refractivity contribution in [2.24, 2.45) is 0 Å². The topological polar surface area (TPSA) is 44.4 Å². The monoisotopic (exact) mass is 277 g/mol. The van der Waals surface area contributed by atoms with Gasteiger partial charge in [0.2, 0.25) is 5.91 Å². The van der Waals surface area contributed by atoms with Crippen LogP contribution in [0.5, 0.6) is 0 Å². The molecule has 0 bridgehead atoms. The minimum atomic E-state index is 0.108. The van der Waals surface area contributed by atoms with E-state index in [1.807, 2.05) is 6.92 Å². The summed E-state index contributed by atoms with van der Waals surface area (Å²) in [7, 11) is 0. The summed E-state index contributed by atoms with van der Waals surface area (Å²) in [5, 5.41) is 6.09. The highest BCUT2D eigenvalue weighted by Gasteiger charge is 2.02. The molecule has 2 N–H and O–H groups in total. The number of amides is 1. The molecule has 1 aromatic rings. The number of nitrogens with zero attached hydrogens (tertiary/aromatic N) is 1. The van der Waals surface area contributed by atoms with Crippen LogP contribution < -0.4 is 15.5 Å². The SMILES string of the molecule is CCNC(=O)CCNCc1ccc(N(CC)CC)cc1. The fraction of sp³-hybridized carbons (Fsp3) is 0.562. The van der Waals surface area contributed by atoms with Gasteiger partial charge in [-0.3, -0.25) is 4.79 Å². The predicted octanol–water partition coefficient (Wildman–Crippen LogP) is 2.15. The number of hydrogen-bond acceptors (Lipinski definition) is 3. The normalized spacial score (nSPS) is 10.3. The summed E-state index contributed by atoms with van der Waals surface area (Å²) in [4.78, 5) is 13.6. The molecule has 0 heterocycles. The molecule has 0 aliphatic heterocycles. The van der Waals surface area contributed by atoms with Crippen molar-refractivity contribution in [3.05, 3.63) is 29.8 Å². The lowest BCUT2D eigenvalue weighted by molar-refractivity contribution is -0.120. The van der Waals surface area contributed by atoms with Crippen molar-refractivity contribution in [3.63, 3.8) is 0 Å². The van der Waals surface area contributed by atoms with E-state index in [9.17, 15) is 4.79 Å². The Morgan fingerprint density at radius 3 is 2.30 bits per heavy atom. The first-order chi connectivity index (χ1) is 9.71. The zero-order valence-electron chi connectivity index (χ0n) is 12.9. The lowest BCUT2D eigenvalue weighted by Gasteiger charge is -2.21. The van der Waals surface area contributed by atoms with Gasteiger partial charge >= 0.3 is 0 Å². The summed E-state index contributed by atoms with van der Waals surface area (Å²) < 4.78 is 0. The van der Waals surface area contributed by atoms with Crippen molar-refractivity contribution >= 4 is 11.6 Å². The first kappa shape index (κ1) is 16.5. The van der Waals surface area contributed by atoms with E-state index in [0.29, 0.717) is 19.5 Å². The molecule has 1 amide bonds. The Kier molecular flexibility index (Phi) is 7.73. The summed E-state index contributed by atoms with van der Waals surface area (Å²) in [5.74, 6) is 0.108. The number of anilines is 1. The Balaban J connectivity index is 2.33. The van der Waals surface area contributed by atoms with E-state index in [-0.39, 0.29) is 5.91 Å². The van der Waals surface area contributed by atoms with E-state index in [2.05, 4.69) is 53.6 Å². The van der Waals surface area contributed by atoms with Gasteiger partial charge < -0.3 is 15.5 Å². The highest BCUT2D eigenvalue weighted by atomic mass is 16.1. The van der Waals surface area contributed by atoms with Crippen molar-refractivity contribution < 1.29 is 4.79 Å². The third-order valence-corrected chi connectivity index (χ3v) is 3.30. The molecule has 0 atom stereocenters. The second-order valence-corrected chi connectivity index (χ2v) is 4.72. The van der Waals surface area contributed by atoms with Crippen LogP contribution in [0.4, 0.5) is 5.69 Å². The predicted molar refractivity (Wildman–Crippen MR) is 85.0 cm³/mol. The van der Waals surface area contributed by atoms with E-state index in [0.717, 1.165) is 19.6 Å². The smallest absolute Gasteiger partial charge is 0.221 e. The summed E-state index contributed by atoms with van der Waals surface area (Å²) in [6.07, 6.45) is 0.533. The van der Waals surface area contributed by atoms with Gasteiger partial charge in [0.15, 0.2) is 0 Å². The summed E-state index contributed by atoms with van der Waals surface area (Å²) in [6, 6.07) is 8.61. The first-order valence-corrected chi connectivity index (χ1v) is 7.52. The molecule has 0 fully saturated rings.